The molecule has 1 N–H and O–H groups in total. The molecule has 2 aromatic rings. The van der Waals surface area contributed by atoms with Crippen LogP contribution in [0.1, 0.15) is 38.8 Å². The number of amides is 1. The van der Waals surface area contributed by atoms with Crippen LogP contribution >= 0.6 is 0 Å². The molecule has 9 nitrogen and oxygen atoms in total. The molecule has 0 aliphatic rings. The Kier molecular flexibility index (Phi) is 9.19. The molecule has 10 heteroatoms. The van der Waals surface area contributed by atoms with Crippen LogP contribution in [0.5, 0.6) is 5.75 Å². The molecule has 0 spiro atoms. The van der Waals surface area contributed by atoms with E-state index in [2.05, 4.69) is 10.5 Å². The van der Waals surface area contributed by atoms with Crippen molar-refractivity contribution in [2.45, 2.75) is 39.7 Å². The van der Waals surface area contributed by atoms with Gasteiger partial charge in [-0.15, -0.1) is 0 Å². The molecule has 0 saturated carbocycles. The summed E-state index contributed by atoms with van der Waals surface area (Å²) in [7, 11) is -3.66. The first-order chi connectivity index (χ1) is 15.9. The Morgan fingerprint density at radius 3 is 2.21 bits per heavy atom. The number of hydrazone groups is 1. The minimum Gasteiger partial charge on any atom is -0.482 e. The Hall–Kier alpha value is -3.40. The normalized spacial score (nSPS) is 11.8. The van der Waals surface area contributed by atoms with Crippen LogP contribution in [0.15, 0.2) is 53.6 Å². The molecular formula is C24H31N3O6S. The third kappa shape index (κ3) is 9.22. The Labute approximate surface area is 200 Å². The minimum absolute atomic E-state index is 0.210. The number of nitrogens with one attached hydrogen (secondary N) is 1. The molecule has 0 radical (unpaired) electrons. The second kappa shape index (κ2) is 11.6. The van der Waals surface area contributed by atoms with Crippen molar-refractivity contribution < 1.29 is 27.5 Å². The molecule has 0 atom stereocenters. The fourth-order valence-electron chi connectivity index (χ4n) is 2.81. The van der Waals surface area contributed by atoms with Gasteiger partial charge >= 0.3 is 5.97 Å². The van der Waals surface area contributed by atoms with Gasteiger partial charge in [-0.2, -0.15) is 5.10 Å². The van der Waals surface area contributed by atoms with Crippen molar-refractivity contribution in [3.63, 3.8) is 0 Å². The molecule has 34 heavy (non-hydrogen) atoms. The van der Waals surface area contributed by atoms with E-state index in [1.807, 2.05) is 19.1 Å². The number of hydrogen-bond donors (Lipinski definition) is 1. The Morgan fingerprint density at radius 2 is 1.68 bits per heavy atom. The molecular weight excluding hydrogens is 458 g/mol. The van der Waals surface area contributed by atoms with Gasteiger partial charge in [0.25, 0.3) is 5.91 Å². The van der Waals surface area contributed by atoms with Crippen LogP contribution in [-0.2, 0) is 30.8 Å². The molecule has 0 aromatic heterocycles. The fourth-order valence-corrected chi connectivity index (χ4v) is 3.66. The quantitative estimate of drug-likeness (QED) is 0.312. The van der Waals surface area contributed by atoms with Crippen LogP contribution in [0.25, 0.3) is 0 Å². The van der Waals surface area contributed by atoms with Gasteiger partial charge in [-0.05, 0) is 74.7 Å². The van der Waals surface area contributed by atoms with E-state index in [4.69, 9.17) is 9.47 Å². The van der Waals surface area contributed by atoms with Crippen molar-refractivity contribution in [2.24, 2.45) is 5.10 Å². The smallest absolute Gasteiger partial charge is 0.344 e. The summed E-state index contributed by atoms with van der Waals surface area (Å²) < 4.78 is 36.0. The fraction of sp³-hybridized carbons (Fsp3) is 0.375. The molecule has 0 aliphatic heterocycles. The molecule has 1 amide bonds. The summed E-state index contributed by atoms with van der Waals surface area (Å²) in [6.07, 6.45) is 3.28. The van der Waals surface area contributed by atoms with Gasteiger partial charge in [0, 0.05) is 0 Å². The predicted octanol–water partition coefficient (Wildman–Crippen LogP) is 2.89. The van der Waals surface area contributed by atoms with Crippen molar-refractivity contribution in [1.29, 1.82) is 0 Å². The monoisotopic (exact) mass is 489 g/mol. The van der Waals surface area contributed by atoms with Gasteiger partial charge in [0.2, 0.25) is 10.0 Å². The lowest BCUT2D eigenvalue weighted by atomic mass is 10.1. The highest BCUT2D eigenvalue weighted by Crippen LogP contribution is 2.18. The van der Waals surface area contributed by atoms with Gasteiger partial charge in [0.1, 0.15) is 17.9 Å². The van der Waals surface area contributed by atoms with E-state index in [9.17, 15) is 18.0 Å². The first kappa shape index (κ1) is 26.8. The number of esters is 1. The zero-order chi connectivity index (χ0) is 25.4. The second-order valence-corrected chi connectivity index (χ2v) is 10.4. The summed E-state index contributed by atoms with van der Waals surface area (Å²) >= 11 is 0. The Bertz CT molecular complexity index is 1100. The molecule has 0 aliphatic carbocycles. The topological polar surface area (TPSA) is 114 Å². The van der Waals surface area contributed by atoms with E-state index in [1.165, 1.54) is 6.21 Å². The molecule has 0 unspecified atom stereocenters. The third-order valence-electron chi connectivity index (χ3n) is 4.38. The van der Waals surface area contributed by atoms with E-state index in [0.717, 1.165) is 22.5 Å². The first-order valence-electron chi connectivity index (χ1n) is 10.7. The summed E-state index contributed by atoms with van der Waals surface area (Å²) in [4.78, 5) is 24.0. The predicted molar refractivity (Wildman–Crippen MR) is 132 cm³/mol. The maximum atomic E-state index is 12.3. The SMILES string of the molecule is CCc1ccc(N(CC(=O)N/N=C\c2ccc(OCC(=O)OC(C)(C)C)cc2)S(C)(=O)=O)cc1. The van der Waals surface area contributed by atoms with Crippen LogP contribution in [0, 0.1) is 0 Å². The highest BCUT2D eigenvalue weighted by atomic mass is 32.2. The number of nitrogens with zero attached hydrogens (tertiary/aromatic N) is 2. The highest BCUT2D eigenvalue weighted by Gasteiger charge is 2.20. The van der Waals surface area contributed by atoms with Gasteiger partial charge in [-0.3, -0.25) is 9.10 Å². The Morgan fingerprint density at radius 1 is 1.06 bits per heavy atom. The number of ether oxygens (including phenoxy) is 2. The molecule has 0 fully saturated rings. The highest BCUT2D eigenvalue weighted by molar-refractivity contribution is 7.92. The lowest BCUT2D eigenvalue weighted by Crippen LogP contribution is -2.39. The molecule has 2 rings (SSSR count). The van der Waals surface area contributed by atoms with Crippen molar-refractivity contribution >= 4 is 33.8 Å². The number of carbonyl (C=O) groups is 2. The van der Waals surface area contributed by atoms with Crippen molar-refractivity contribution in [2.75, 3.05) is 23.7 Å². The lowest BCUT2D eigenvalue weighted by molar-refractivity contribution is -0.157. The molecule has 0 bridgehead atoms. The first-order valence-corrected chi connectivity index (χ1v) is 12.6. The minimum atomic E-state index is -3.66. The van der Waals surface area contributed by atoms with E-state index in [1.54, 1.807) is 57.2 Å². The third-order valence-corrected chi connectivity index (χ3v) is 5.52. The number of benzene rings is 2. The number of carbonyl (C=O) groups excluding carboxylic acids is 2. The average molecular weight is 490 g/mol. The number of anilines is 1. The number of aryl methyl sites for hydroxylation is 1. The largest absolute Gasteiger partial charge is 0.482 e. The van der Waals surface area contributed by atoms with E-state index >= 15 is 0 Å². The maximum absolute atomic E-state index is 12.3. The number of rotatable bonds is 10. The molecule has 0 saturated heterocycles. The lowest BCUT2D eigenvalue weighted by Gasteiger charge is -2.21. The molecule has 2 aromatic carbocycles. The maximum Gasteiger partial charge on any atom is 0.344 e. The summed E-state index contributed by atoms with van der Waals surface area (Å²) in [5, 5.41) is 3.88. The van der Waals surface area contributed by atoms with Gasteiger partial charge in [-0.25, -0.2) is 18.6 Å². The summed E-state index contributed by atoms with van der Waals surface area (Å²) in [5.74, 6) is -0.575. The van der Waals surface area contributed by atoms with E-state index < -0.39 is 34.0 Å². The zero-order valence-electron chi connectivity index (χ0n) is 20.1. The van der Waals surface area contributed by atoms with E-state index in [-0.39, 0.29) is 6.61 Å². The summed E-state index contributed by atoms with van der Waals surface area (Å²) in [6, 6.07) is 13.7. The van der Waals surface area contributed by atoms with Crippen LogP contribution in [-0.4, -0.2) is 51.5 Å². The van der Waals surface area contributed by atoms with Crippen molar-refractivity contribution in [3.8, 4) is 5.75 Å². The number of sulfonamides is 1. The van der Waals surface area contributed by atoms with Gasteiger partial charge in [0.15, 0.2) is 6.61 Å². The van der Waals surface area contributed by atoms with Crippen LogP contribution in [0.3, 0.4) is 0 Å². The van der Waals surface area contributed by atoms with E-state index in [0.29, 0.717) is 17.0 Å². The van der Waals surface area contributed by atoms with Gasteiger partial charge < -0.3 is 9.47 Å². The summed E-state index contributed by atoms with van der Waals surface area (Å²) in [5.41, 5.74) is 3.89. The molecule has 0 heterocycles. The summed E-state index contributed by atoms with van der Waals surface area (Å²) in [6.45, 7) is 6.72. The van der Waals surface area contributed by atoms with Crippen LogP contribution in [0.4, 0.5) is 5.69 Å². The van der Waals surface area contributed by atoms with Gasteiger partial charge in [0.05, 0.1) is 18.2 Å². The molecule has 184 valence electrons. The van der Waals surface area contributed by atoms with Crippen molar-refractivity contribution in [1.82, 2.24) is 5.43 Å². The standard InChI is InChI=1S/C24H31N3O6S/c1-6-18-7-11-20(12-8-18)27(34(5,30)31)16-22(28)26-25-15-19-9-13-21(14-10-19)32-17-23(29)33-24(2,3)4/h7-15H,6,16-17H2,1-5H3,(H,26,28)/b25-15-. The zero-order valence-corrected chi connectivity index (χ0v) is 20.9. The average Bonchev–Trinajstić information content (AvgIpc) is 2.75. The second-order valence-electron chi connectivity index (χ2n) is 8.53. The van der Waals surface area contributed by atoms with Crippen LogP contribution < -0.4 is 14.5 Å². The van der Waals surface area contributed by atoms with Gasteiger partial charge in [-0.1, -0.05) is 19.1 Å². The van der Waals surface area contributed by atoms with Crippen LogP contribution in [0.2, 0.25) is 0 Å². The Balaban J connectivity index is 1.91. The van der Waals surface area contributed by atoms with Crippen molar-refractivity contribution in [3.05, 3.63) is 59.7 Å². The number of hydrogen-bond acceptors (Lipinski definition) is 7.